The molecule has 61 valence electrons. The number of rotatable bonds is 2. The van der Waals surface area contributed by atoms with E-state index in [4.69, 9.17) is 0 Å². The Hall–Kier alpha value is -1.08. The van der Waals surface area contributed by atoms with E-state index in [2.05, 4.69) is 36.2 Å². The molecule has 1 aromatic carbocycles. The van der Waals surface area contributed by atoms with Crippen molar-refractivity contribution < 1.29 is 0 Å². The average molecular weight is 158 g/mol. The van der Waals surface area contributed by atoms with Crippen LogP contribution in [0.1, 0.15) is 23.6 Å². The number of benzene rings is 1. The van der Waals surface area contributed by atoms with Gasteiger partial charge in [0.1, 0.15) is 0 Å². The van der Waals surface area contributed by atoms with Crippen molar-refractivity contribution in [1.29, 1.82) is 0 Å². The minimum Gasteiger partial charge on any atom is -0.229 e. The molecule has 1 aliphatic heterocycles. The molecular weight excluding hydrogens is 146 g/mol. The van der Waals surface area contributed by atoms with Crippen molar-refractivity contribution in [2.75, 3.05) is 0 Å². The molecule has 0 fully saturated rings. The molecule has 0 amide bonds. The molecule has 0 saturated heterocycles. The van der Waals surface area contributed by atoms with E-state index in [1.165, 1.54) is 11.1 Å². The van der Waals surface area contributed by atoms with Crippen LogP contribution in [0.25, 0.3) is 0 Å². The lowest BCUT2D eigenvalue weighted by Crippen LogP contribution is -2.02. The molecule has 1 heteroatoms. The van der Waals surface area contributed by atoms with Crippen LogP contribution < -0.4 is 5.32 Å². The third kappa shape index (κ3) is 1.16. The molecule has 1 aliphatic rings. The normalized spacial score (nSPS) is 20.5. The van der Waals surface area contributed by atoms with Crippen LogP contribution in [-0.4, -0.2) is 0 Å². The first kappa shape index (κ1) is 7.56. The third-order valence-corrected chi connectivity index (χ3v) is 2.29. The summed E-state index contributed by atoms with van der Waals surface area (Å²) in [5.41, 5.74) is 2.77. The topological polar surface area (TPSA) is 14.1 Å². The first-order valence-corrected chi connectivity index (χ1v) is 4.27. The second-order valence-electron chi connectivity index (χ2n) is 3.08. The molecule has 1 radical (unpaired) electrons. The summed E-state index contributed by atoms with van der Waals surface area (Å²) in [4.78, 5) is 0. The van der Waals surface area contributed by atoms with E-state index in [1.54, 1.807) is 0 Å². The Balaban J connectivity index is 2.29. The molecule has 1 nitrogen and oxygen atoms in total. The van der Waals surface area contributed by atoms with Crippen molar-refractivity contribution in [1.82, 2.24) is 5.32 Å². The molecular formula is C11H12N. The van der Waals surface area contributed by atoms with Crippen LogP contribution in [0.5, 0.6) is 0 Å². The highest BCUT2D eigenvalue weighted by atomic mass is 14.9. The summed E-state index contributed by atoms with van der Waals surface area (Å²) < 4.78 is 0. The molecule has 0 aromatic heterocycles. The minimum absolute atomic E-state index is 0.374. The van der Waals surface area contributed by atoms with Gasteiger partial charge >= 0.3 is 0 Å². The average Bonchev–Trinajstić information content (AvgIpc) is 2.50. The number of hydrogen-bond donors (Lipinski definition) is 0. The van der Waals surface area contributed by atoms with Gasteiger partial charge in [0.15, 0.2) is 0 Å². The van der Waals surface area contributed by atoms with Gasteiger partial charge in [-0.15, -0.1) is 6.58 Å². The van der Waals surface area contributed by atoms with Gasteiger partial charge < -0.3 is 0 Å². The first-order chi connectivity index (χ1) is 5.92. The SMILES string of the molecule is C=CCC1[N]Cc2ccccc21. The van der Waals surface area contributed by atoms with Crippen molar-refractivity contribution in [3.05, 3.63) is 48.0 Å². The summed E-state index contributed by atoms with van der Waals surface area (Å²) in [5.74, 6) is 0. The fourth-order valence-corrected chi connectivity index (χ4v) is 1.67. The Labute approximate surface area is 73.1 Å². The molecule has 2 rings (SSSR count). The summed E-state index contributed by atoms with van der Waals surface area (Å²) in [6.07, 6.45) is 2.91. The predicted molar refractivity (Wildman–Crippen MR) is 49.8 cm³/mol. The van der Waals surface area contributed by atoms with Gasteiger partial charge in [-0.05, 0) is 17.5 Å². The molecule has 0 spiro atoms. The van der Waals surface area contributed by atoms with Crippen LogP contribution >= 0.6 is 0 Å². The fourth-order valence-electron chi connectivity index (χ4n) is 1.67. The predicted octanol–water partition coefficient (Wildman–Crippen LogP) is 2.42. The van der Waals surface area contributed by atoms with E-state index < -0.39 is 0 Å². The van der Waals surface area contributed by atoms with Crippen LogP contribution in [0.4, 0.5) is 0 Å². The van der Waals surface area contributed by atoms with E-state index in [0.29, 0.717) is 6.04 Å². The number of hydrogen-bond acceptors (Lipinski definition) is 0. The minimum atomic E-state index is 0.374. The smallest absolute Gasteiger partial charge is 0.0536 e. The lowest BCUT2D eigenvalue weighted by molar-refractivity contribution is 0.578. The van der Waals surface area contributed by atoms with Crippen LogP contribution in [-0.2, 0) is 6.54 Å². The van der Waals surface area contributed by atoms with Crippen molar-refractivity contribution in [3.63, 3.8) is 0 Å². The summed E-state index contributed by atoms with van der Waals surface area (Å²) >= 11 is 0. The van der Waals surface area contributed by atoms with E-state index in [0.717, 1.165) is 13.0 Å². The van der Waals surface area contributed by atoms with Crippen LogP contribution in [0.15, 0.2) is 36.9 Å². The fraction of sp³-hybridized carbons (Fsp3) is 0.273. The zero-order valence-electron chi connectivity index (χ0n) is 7.03. The Morgan fingerprint density at radius 2 is 2.33 bits per heavy atom. The van der Waals surface area contributed by atoms with Crippen LogP contribution in [0, 0.1) is 0 Å². The maximum absolute atomic E-state index is 4.52. The molecule has 0 N–H and O–H groups in total. The van der Waals surface area contributed by atoms with Gasteiger partial charge in [0.2, 0.25) is 0 Å². The molecule has 0 bridgehead atoms. The molecule has 12 heavy (non-hydrogen) atoms. The maximum Gasteiger partial charge on any atom is 0.0536 e. The first-order valence-electron chi connectivity index (χ1n) is 4.27. The van der Waals surface area contributed by atoms with Gasteiger partial charge in [-0.1, -0.05) is 30.3 Å². The lowest BCUT2D eigenvalue weighted by atomic mass is 10.0. The molecule has 1 heterocycles. The standard InChI is InChI=1S/C11H12N/c1-2-5-11-10-7-4-3-6-9(10)8-12-11/h2-4,6-7,11H,1,5,8H2. The monoisotopic (exact) mass is 158 g/mol. The van der Waals surface area contributed by atoms with Crippen LogP contribution in [0.2, 0.25) is 0 Å². The summed E-state index contributed by atoms with van der Waals surface area (Å²) in [7, 11) is 0. The van der Waals surface area contributed by atoms with Gasteiger partial charge in [0.25, 0.3) is 0 Å². The highest BCUT2D eigenvalue weighted by molar-refractivity contribution is 5.33. The van der Waals surface area contributed by atoms with Crippen molar-refractivity contribution in [2.45, 2.75) is 19.0 Å². The van der Waals surface area contributed by atoms with Crippen LogP contribution in [0.3, 0.4) is 0 Å². The van der Waals surface area contributed by atoms with E-state index in [-0.39, 0.29) is 0 Å². The van der Waals surface area contributed by atoms with Crippen molar-refractivity contribution in [2.24, 2.45) is 0 Å². The van der Waals surface area contributed by atoms with Gasteiger partial charge in [0.05, 0.1) is 6.04 Å². The largest absolute Gasteiger partial charge is 0.229 e. The third-order valence-electron chi connectivity index (χ3n) is 2.29. The number of fused-ring (bicyclic) bond motifs is 1. The molecule has 1 unspecified atom stereocenters. The quantitative estimate of drug-likeness (QED) is 0.587. The lowest BCUT2D eigenvalue weighted by Gasteiger charge is -2.06. The summed E-state index contributed by atoms with van der Waals surface area (Å²) in [6.45, 7) is 4.62. The van der Waals surface area contributed by atoms with E-state index >= 15 is 0 Å². The van der Waals surface area contributed by atoms with Gasteiger partial charge in [-0.3, -0.25) is 0 Å². The Bertz CT molecular complexity index is 291. The van der Waals surface area contributed by atoms with Crippen molar-refractivity contribution in [3.8, 4) is 0 Å². The molecule has 0 saturated carbocycles. The second kappa shape index (κ2) is 3.11. The summed E-state index contributed by atoms with van der Waals surface area (Å²) in [5, 5.41) is 4.52. The van der Waals surface area contributed by atoms with Gasteiger partial charge in [-0.25, -0.2) is 5.32 Å². The second-order valence-corrected chi connectivity index (χ2v) is 3.08. The Morgan fingerprint density at radius 1 is 1.50 bits per heavy atom. The summed E-state index contributed by atoms with van der Waals surface area (Å²) in [6, 6.07) is 8.85. The Kier molecular flexibility index (Phi) is 1.96. The molecule has 0 aliphatic carbocycles. The van der Waals surface area contributed by atoms with Crippen molar-refractivity contribution >= 4 is 0 Å². The highest BCUT2D eigenvalue weighted by Gasteiger charge is 2.20. The van der Waals surface area contributed by atoms with E-state index in [9.17, 15) is 0 Å². The maximum atomic E-state index is 4.52. The molecule has 1 atom stereocenters. The van der Waals surface area contributed by atoms with Gasteiger partial charge in [-0.2, -0.15) is 0 Å². The zero-order valence-corrected chi connectivity index (χ0v) is 7.03. The van der Waals surface area contributed by atoms with E-state index in [1.807, 2.05) is 6.08 Å². The molecule has 1 aromatic rings. The number of nitrogens with zero attached hydrogens (tertiary/aromatic N) is 1. The zero-order chi connectivity index (χ0) is 8.39. The van der Waals surface area contributed by atoms with Gasteiger partial charge in [0, 0.05) is 6.54 Å². The highest BCUT2D eigenvalue weighted by Crippen LogP contribution is 2.28. The Morgan fingerprint density at radius 3 is 3.17 bits per heavy atom.